The van der Waals surface area contributed by atoms with E-state index in [1.165, 1.54) is 20.0 Å². The quantitative estimate of drug-likeness (QED) is 0.614. The molecule has 0 amide bonds. The molecular weight excluding hydrogens is 254 g/mol. The summed E-state index contributed by atoms with van der Waals surface area (Å²) in [6.07, 6.45) is 2.62. The second-order valence-corrected chi connectivity index (χ2v) is 5.38. The lowest BCUT2D eigenvalue weighted by atomic mass is 10.1. The summed E-state index contributed by atoms with van der Waals surface area (Å²) < 4.78 is 4.75. The summed E-state index contributed by atoms with van der Waals surface area (Å²) >= 11 is 0. The molecule has 0 aromatic heterocycles. The van der Waals surface area contributed by atoms with Crippen molar-refractivity contribution in [1.29, 1.82) is 0 Å². The van der Waals surface area contributed by atoms with Crippen LogP contribution in [0.2, 0.25) is 0 Å². The number of hydrogen-bond donors (Lipinski definition) is 2. The number of carbonyl (C=O) groups excluding carboxylic acids is 1. The minimum Gasteiger partial charge on any atom is -0.465 e. The summed E-state index contributed by atoms with van der Waals surface area (Å²) in [5, 5.41) is 3.34. The van der Waals surface area contributed by atoms with E-state index >= 15 is 0 Å². The fourth-order valence-electron chi connectivity index (χ4n) is 2.25. The van der Waals surface area contributed by atoms with Crippen LogP contribution in [0, 0.1) is 6.92 Å². The summed E-state index contributed by atoms with van der Waals surface area (Å²) in [6, 6.07) is 4.47. The van der Waals surface area contributed by atoms with Crippen molar-refractivity contribution in [2.45, 2.75) is 25.8 Å². The van der Waals surface area contributed by atoms with Gasteiger partial charge in [-0.1, -0.05) is 0 Å². The SMILES string of the molecule is COC(=O)c1cc(NCCN(C)C2CC2)cc(C)c1N. The highest BCUT2D eigenvalue weighted by Crippen LogP contribution is 2.25. The van der Waals surface area contributed by atoms with Crippen LogP contribution in [0.1, 0.15) is 28.8 Å². The Kier molecular flexibility index (Phi) is 4.49. The van der Waals surface area contributed by atoms with Gasteiger partial charge in [0.15, 0.2) is 0 Å². The van der Waals surface area contributed by atoms with Crippen molar-refractivity contribution < 1.29 is 9.53 Å². The highest BCUT2D eigenvalue weighted by Gasteiger charge is 2.25. The molecule has 0 atom stereocenters. The van der Waals surface area contributed by atoms with E-state index in [-0.39, 0.29) is 0 Å². The first-order chi connectivity index (χ1) is 9.52. The van der Waals surface area contributed by atoms with E-state index in [0.29, 0.717) is 11.3 Å². The maximum Gasteiger partial charge on any atom is 0.340 e. The standard InChI is InChI=1S/C15H23N3O2/c1-10-8-11(9-13(14(10)16)15(19)20-3)17-6-7-18(2)12-4-5-12/h8-9,12,17H,4-7,16H2,1-3H3. The molecule has 0 bridgehead atoms. The van der Waals surface area contributed by atoms with Gasteiger partial charge >= 0.3 is 5.97 Å². The number of likely N-dealkylation sites (N-methyl/N-ethyl adjacent to an activating group) is 1. The number of ether oxygens (including phenoxy) is 1. The van der Waals surface area contributed by atoms with Crippen LogP contribution in [0.25, 0.3) is 0 Å². The van der Waals surface area contributed by atoms with Gasteiger partial charge in [-0.05, 0) is 44.5 Å². The number of benzene rings is 1. The number of nitrogen functional groups attached to an aromatic ring is 1. The molecule has 1 aromatic carbocycles. The molecule has 5 heteroatoms. The number of carbonyl (C=O) groups is 1. The van der Waals surface area contributed by atoms with E-state index in [1.54, 1.807) is 6.07 Å². The van der Waals surface area contributed by atoms with Crippen LogP contribution in [0.3, 0.4) is 0 Å². The normalized spacial score (nSPS) is 14.4. The third kappa shape index (κ3) is 3.42. The van der Waals surface area contributed by atoms with Crippen molar-refractivity contribution in [3.8, 4) is 0 Å². The maximum atomic E-state index is 11.7. The molecule has 0 aliphatic heterocycles. The molecule has 0 saturated heterocycles. The monoisotopic (exact) mass is 277 g/mol. The van der Waals surface area contributed by atoms with E-state index in [9.17, 15) is 4.79 Å². The highest BCUT2D eigenvalue weighted by atomic mass is 16.5. The molecule has 110 valence electrons. The van der Waals surface area contributed by atoms with E-state index in [2.05, 4.69) is 17.3 Å². The van der Waals surface area contributed by atoms with Gasteiger partial charge in [-0.2, -0.15) is 0 Å². The molecular formula is C15H23N3O2. The lowest BCUT2D eigenvalue weighted by molar-refractivity contribution is 0.0602. The second kappa shape index (κ2) is 6.13. The van der Waals surface area contributed by atoms with Crippen molar-refractivity contribution in [3.05, 3.63) is 23.3 Å². The van der Waals surface area contributed by atoms with Gasteiger partial charge in [0.05, 0.1) is 12.7 Å². The Bertz CT molecular complexity index is 498. The van der Waals surface area contributed by atoms with E-state index in [0.717, 1.165) is 30.4 Å². The summed E-state index contributed by atoms with van der Waals surface area (Å²) in [5.74, 6) is -0.399. The topological polar surface area (TPSA) is 67.6 Å². The first kappa shape index (κ1) is 14.7. The molecule has 1 fully saturated rings. The lowest BCUT2D eigenvalue weighted by Gasteiger charge is -2.17. The van der Waals surface area contributed by atoms with Crippen molar-refractivity contribution >= 4 is 17.3 Å². The maximum absolute atomic E-state index is 11.7. The number of aryl methyl sites for hydroxylation is 1. The summed E-state index contributed by atoms with van der Waals surface area (Å²) in [5.41, 5.74) is 8.61. The van der Waals surface area contributed by atoms with Crippen LogP contribution in [0.15, 0.2) is 12.1 Å². The average molecular weight is 277 g/mol. The molecule has 1 aliphatic carbocycles. The molecule has 0 unspecified atom stereocenters. The molecule has 0 radical (unpaired) electrons. The second-order valence-electron chi connectivity index (χ2n) is 5.38. The van der Waals surface area contributed by atoms with Crippen molar-refractivity contribution in [2.24, 2.45) is 0 Å². The van der Waals surface area contributed by atoms with Crippen molar-refractivity contribution in [3.63, 3.8) is 0 Å². The van der Waals surface area contributed by atoms with Crippen molar-refractivity contribution in [1.82, 2.24) is 4.90 Å². The van der Waals surface area contributed by atoms with E-state index in [4.69, 9.17) is 10.5 Å². The Morgan fingerprint density at radius 3 is 2.80 bits per heavy atom. The predicted molar refractivity (Wildman–Crippen MR) is 81.1 cm³/mol. The first-order valence-electron chi connectivity index (χ1n) is 6.95. The zero-order valence-electron chi connectivity index (χ0n) is 12.4. The Hall–Kier alpha value is -1.75. The van der Waals surface area contributed by atoms with E-state index in [1.807, 2.05) is 13.0 Å². The van der Waals surface area contributed by atoms with Gasteiger partial charge in [0, 0.05) is 30.5 Å². The van der Waals surface area contributed by atoms with Gasteiger partial charge < -0.3 is 20.7 Å². The lowest BCUT2D eigenvalue weighted by Crippen LogP contribution is -2.27. The molecule has 20 heavy (non-hydrogen) atoms. The van der Waals surface area contributed by atoms with Crippen molar-refractivity contribution in [2.75, 3.05) is 38.3 Å². The molecule has 1 aromatic rings. The van der Waals surface area contributed by atoms with Gasteiger partial charge in [-0.25, -0.2) is 4.79 Å². The van der Waals surface area contributed by atoms with Crippen LogP contribution in [-0.2, 0) is 4.74 Å². The Balaban J connectivity index is 2.00. The molecule has 0 spiro atoms. The number of hydrogen-bond acceptors (Lipinski definition) is 5. The fraction of sp³-hybridized carbons (Fsp3) is 0.533. The molecule has 2 rings (SSSR count). The number of methoxy groups -OCH3 is 1. The zero-order chi connectivity index (χ0) is 14.7. The largest absolute Gasteiger partial charge is 0.465 e. The van der Waals surface area contributed by atoms with Crippen LogP contribution >= 0.6 is 0 Å². The third-order valence-electron chi connectivity index (χ3n) is 3.76. The number of esters is 1. The molecule has 3 N–H and O–H groups in total. The molecule has 1 saturated carbocycles. The van der Waals surface area contributed by atoms with Gasteiger partial charge in [0.2, 0.25) is 0 Å². The summed E-state index contributed by atoms with van der Waals surface area (Å²) in [4.78, 5) is 14.0. The van der Waals surface area contributed by atoms with Crippen LogP contribution < -0.4 is 11.1 Å². The smallest absolute Gasteiger partial charge is 0.340 e. The molecule has 0 heterocycles. The molecule has 5 nitrogen and oxygen atoms in total. The van der Waals surface area contributed by atoms with Crippen LogP contribution in [-0.4, -0.2) is 44.2 Å². The number of nitrogens with zero attached hydrogens (tertiary/aromatic N) is 1. The summed E-state index contributed by atoms with van der Waals surface area (Å²) in [6.45, 7) is 3.72. The summed E-state index contributed by atoms with van der Waals surface area (Å²) in [7, 11) is 3.51. The van der Waals surface area contributed by atoms with Crippen LogP contribution in [0.5, 0.6) is 0 Å². The number of anilines is 2. The minimum absolute atomic E-state index is 0.399. The van der Waals surface area contributed by atoms with Gasteiger partial charge in [0.25, 0.3) is 0 Å². The van der Waals surface area contributed by atoms with Crippen LogP contribution in [0.4, 0.5) is 11.4 Å². The fourth-order valence-corrected chi connectivity index (χ4v) is 2.25. The first-order valence-corrected chi connectivity index (χ1v) is 6.95. The van der Waals surface area contributed by atoms with Gasteiger partial charge in [0.1, 0.15) is 0 Å². The average Bonchev–Trinajstić information content (AvgIpc) is 3.26. The Morgan fingerprint density at radius 1 is 1.50 bits per heavy atom. The third-order valence-corrected chi connectivity index (χ3v) is 3.76. The zero-order valence-corrected chi connectivity index (χ0v) is 12.4. The number of rotatable bonds is 6. The highest BCUT2D eigenvalue weighted by molar-refractivity contribution is 5.97. The number of nitrogens with one attached hydrogen (secondary N) is 1. The Morgan fingerprint density at radius 2 is 2.20 bits per heavy atom. The molecule has 1 aliphatic rings. The van der Waals surface area contributed by atoms with Gasteiger partial charge in [-0.15, -0.1) is 0 Å². The number of nitrogens with two attached hydrogens (primary N) is 1. The van der Waals surface area contributed by atoms with Gasteiger partial charge in [-0.3, -0.25) is 0 Å². The van der Waals surface area contributed by atoms with E-state index < -0.39 is 5.97 Å². The minimum atomic E-state index is -0.399. The Labute approximate surface area is 120 Å². The predicted octanol–water partition coefficient (Wildman–Crippen LogP) is 1.87.